The van der Waals surface area contributed by atoms with E-state index in [-0.39, 0.29) is 22.9 Å². The number of Topliss-reactive ketones (excluding diaryl/α,β-unsaturated/α-hetero) is 2. The highest BCUT2D eigenvalue weighted by Crippen LogP contribution is 2.32. The van der Waals surface area contributed by atoms with Crippen LogP contribution in [0.5, 0.6) is 0 Å². The Labute approximate surface area is 133 Å². The van der Waals surface area contributed by atoms with Crippen LogP contribution in [0.1, 0.15) is 40.1 Å². The van der Waals surface area contributed by atoms with Crippen molar-refractivity contribution in [2.75, 3.05) is 0 Å². The van der Waals surface area contributed by atoms with Crippen LogP contribution in [0.3, 0.4) is 0 Å². The molecule has 23 heavy (non-hydrogen) atoms. The fourth-order valence-corrected chi connectivity index (χ4v) is 2.64. The van der Waals surface area contributed by atoms with Gasteiger partial charge in [0.15, 0.2) is 11.6 Å². The highest BCUT2D eigenvalue weighted by molar-refractivity contribution is 6.35. The molecule has 1 N–H and O–H groups in total. The van der Waals surface area contributed by atoms with Crippen LogP contribution in [0, 0.1) is 0 Å². The van der Waals surface area contributed by atoms with Crippen LogP contribution in [-0.4, -0.2) is 22.4 Å². The van der Waals surface area contributed by atoms with E-state index >= 15 is 0 Å². The fraction of sp³-hybridized carbons (Fsp3) is 0.105. The molecule has 0 heterocycles. The molecule has 0 aliphatic heterocycles. The van der Waals surface area contributed by atoms with Crippen LogP contribution in [0.2, 0.25) is 0 Å². The zero-order chi connectivity index (χ0) is 16.6. The van der Waals surface area contributed by atoms with Crippen LogP contribution in [0.15, 0.2) is 59.1 Å². The summed E-state index contributed by atoms with van der Waals surface area (Å²) in [5.41, 5.74) is 2.76. The lowest BCUT2D eigenvalue weighted by Gasteiger charge is -2.03. The van der Waals surface area contributed by atoms with Crippen molar-refractivity contribution in [3.8, 4) is 0 Å². The van der Waals surface area contributed by atoms with Crippen LogP contribution in [0.25, 0.3) is 5.76 Å². The van der Waals surface area contributed by atoms with Crippen molar-refractivity contribution in [1.29, 1.82) is 0 Å². The van der Waals surface area contributed by atoms with Gasteiger partial charge in [-0.2, -0.15) is 0 Å². The van der Waals surface area contributed by atoms with Crippen molar-refractivity contribution < 1.29 is 14.7 Å². The van der Waals surface area contributed by atoms with E-state index in [0.29, 0.717) is 28.1 Å². The van der Waals surface area contributed by atoms with Gasteiger partial charge >= 0.3 is 0 Å². The lowest BCUT2D eigenvalue weighted by molar-refractivity contribution is 0.101. The molecule has 0 saturated heterocycles. The highest BCUT2D eigenvalue weighted by atomic mass is 16.3. The largest absolute Gasteiger partial charge is 0.506 e. The number of aliphatic imine (C=N–C) groups is 1. The van der Waals surface area contributed by atoms with Crippen LogP contribution in [0.4, 0.5) is 5.69 Å². The van der Waals surface area contributed by atoms with Crippen molar-refractivity contribution in [2.24, 2.45) is 4.99 Å². The Morgan fingerprint density at radius 3 is 2.35 bits per heavy atom. The van der Waals surface area contributed by atoms with E-state index in [0.717, 1.165) is 0 Å². The minimum absolute atomic E-state index is 0.0467. The molecule has 0 saturated carbocycles. The van der Waals surface area contributed by atoms with Gasteiger partial charge in [0, 0.05) is 16.7 Å². The predicted molar refractivity (Wildman–Crippen MR) is 89.5 cm³/mol. The quantitative estimate of drug-likeness (QED) is 0.684. The van der Waals surface area contributed by atoms with E-state index in [1.165, 1.54) is 6.92 Å². The molecule has 1 aliphatic rings. The van der Waals surface area contributed by atoms with Gasteiger partial charge in [-0.1, -0.05) is 36.4 Å². The average Bonchev–Trinajstić information content (AvgIpc) is 2.79. The first kappa shape index (κ1) is 14.9. The van der Waals surface area contributed by atoms with Crippen molar-refractivity contribution >= 4 is 28.7 Å². The number of rotatable bonds is 3. The van der Waals surface area contributed by atoms with Crippen molar-refractivity contribution in [3.05, 3.63) is 70.8 Å². The molecule has 114 valence electrons. The zero-order valence-corrected chi connectivity index (χ0v) is 12.8. The SMILES string of the molecule is CC(=O)c1cccc(N=C(C)C2=C(O)c3ccccc3C2=O)c1. The zero-order valence-electron chi connectivity index (χ0n) is 12.8. The second-order valence-electron chi connectivity index (χ2n) is 5.40. The third-order valence-electron chi connectivity index (χ3n) is 3.80. The minimum Gasteiger partial charge on any atom is -0.506 e. The highest BCUT2D eigenvalue weighted by Gasteiger charge is 2.30. The van der Waals surface area contributed by atoms with E-state index in [1.54, 1.807) is 55.5 Å². The second kappa shape index (κ2) is 5.65. The van der Waals surface area contributed by atoms with Gasteiger partial charge in [0.25, 0.3) is 0 Å². The van der Waals surface area contributed by atoms with Crippen molar-refractivity contribution in [3.63, 3.8) is 0 Å². The Kier molecular flexibility index (Phi) is 3.66. The number of aliphatic hydroxyl groups is 1. The lowest BCUT2D eigenvalue weighted by atomic mass is 10.1. The maximum Gasteiger partial charge on any atom is 0.199 e. The Morgan fingerprint density at radius 2 is 1.70 bits per heavy atom. The van der Waals surface area contributed by atoms with E-state index < -0.39 is 0 Å². The van der Waals surface area contributed by atoms with Gasteiger partial charge in [-0.3, -0.25) is 14.6 Å². The molecule has 0 fully saturated rings. The number of hydrogen-bond acceptors (Lipinski definition) is 4. The van der Waals surface area contributed by atoms with Gasteiger partial charge < -0.3 is 5.11 Å². The minimum atomic E-state index is -0.234. The molecule has 3 rings (SSSR count). The molecule has 1 aliphatic carbocycles. The fourth-order valence-electron chi connectivity index (χ4n) is 2.64. The molecule has 0 radical (unpaired) electrons. The first-order valence-electron chi connectivity index (χ1n) is 7.23. The number of allylic oxidation sites excluding steroid dienone is 1. The van der Waals surface area contributed by atoms with E-state index in [9.17, 15) is 14.7 Å². The van der Waals surface area contributed by atoms with Gasteiger partial charge in [0.05, 0.1) is 17.0 Å². The predicted octanol–water partition coefficient (Wildman–Crippen LogP) is 4.15. The molecule has 0 atom stereocenters. The summed E-state index contributed by atoms with van der Waals surface area (Å²) >= 11 is 0. The molecule has 2 aromatic rings. The Morgan fingerprint density at radius 1 is 1.00 bits per heavy atom. The maximum absolute atomic E-state index is 12.5. The summed E-state index contributed by atoms with van der Waals surface area (Å²) < 4.78 is 0. The number of carbonyl (C=O) groups is 2. The molecule has 2 aromatic carbocycles. The summed E-state index contributed by atoms with van der Waals surface area (Å²) in [4.78, 5) is 28.3. The first-order valence-corrected chi connectivity index (χ1v) is 7.23. The average molecular weight is 305 g/mol. The summed E-state index contributed by atoms with van der Waals surface area (Å²) in [5.74, 6) is -0.331. The summed E-state index contributed by atoms with van der Waals surface area (Å²) in [6.07, 6.45) is 0. The summed E-state index contributed by atoms with van der Waals surface area (Å²) in [6.45, 7) is 3.16. The first-order chi connectivity index (χ1) is 11.0. The third-order valence-corrected chi connectivity index (χ3v) is 3.80. The molecular weight excluding hydrogens is 290 g/mol. The van der Waals surface area contributed by atoms with Gasteiger partial charge in [-0.05, 0) is 26.0 Å². The molecule has 4 heteroatoms. The Hall–Kier alpha value is -3.01. The standard InChI is InChI=1S/C19H15NO3/c1-11(20-14-7-5-6-13(10-14)12(2)21)17-18(22)15-8-3-4-9-16(15)19(17)23/h3-10,22H,1-2H3. The molecule has 4 nitrogen and oxygen atoms in total. The number of aliphatic hydroxyl groups excluding tert-OH is 1. The van der Waals surface area contributed by atoms with Crippen molar-refractivity contribution in [1.82, 2.24) is 0 Å². The van der Waals surface area contributed by atoms with Gasteiger partial charge in [-0.15, -0.1) is 0 Å². The molecule has 0 unspecified atom stereocenters. The van der Waals surface area contributed by atoms with Crippen LogP contribution >= 0.6 is 0 Å². The van der Waals surface area contributed by atoms with Crippen LogP contribution in [-0.2, 0) is 0 Å². The maximum atomic E-state index is 12.5. The third kappa shape index (κ3) is 2.59. The van der Waals surface area contributed by atoms with Crippen molar-refractivity contribution in [2.45, 2.75) is 13.8 Å². The topological polar surface area (TPSA) is 66.7 Å². The van der Waals surface area contributed by atoms with Gasteiger partial charge in [0.1, 0.15) is 5.76 Å². The Balaban J connectivity index is 2.03. The van der Waals surface area contributed by atoms with E-state index in [4.69, 9.17) is 0 Å². The number of hydrogen-bond donors (Lipinski definition) is 1. The van der Waals surface area contributed by atoms with E-state index in [1.807, 2.05) is 0 Å². The number of nitrogens with zero attached hydrogens (tertiary/aromatic N) is 1. The number of benzene rings is 2. The number of fused-ring (bicyclic) bond motifs is 1. The smallest absolute Gasteiger partial charge is 0.199 e. The summed E-state index contributed by atoms with van der Waals surface area (Å²) in [7, 11) is 0. The van der Waals surface area contributed by atoms with E-state index in [2.05, 4.69) is 4.99 Å². The van der Waals surface area contributed by atoms with Gasteiger partial charge in [-0.25, -0.2) is 0 Å². The normalized spacial score (nSPS) is 14.2. The lowest BCUT2D eigenvalue weighted by Crippen LogP contribution is -2.07. The second-order valence-corrected chi connectivity index (χ2v) is 5.40. The molecule has 0 spiro atoms. The van der Waals surface area contributed by atoms with Gasteiger partial charge in [0.2, 0.25) is 0 Å². The summed E-state index contributed by atoms with van der Waals surface area (Å²) in [6, 6.07) is 13.8. The molecule has 0 amide bonds. The number of ketones is 2. The molecule has 0 aromatic heterocycles. The summed E-state index contributed by atoms with van der Waals surface area (Å²) in [5, 5.41) is 10.3. The number of carbonyl (C=O) groups excluding carboxylic acids is 2. The molecule has 0 bridgehead atoms. The molecular formula is C19H15NO3. The monoisotopic (exact) mass is 305 g/mol. The Bertz CT molecular complexity index is 891. The van der Waals surface area contributed by atoms with Crippen LogP contribution < -0.4 is 0 Å².